The van der Waals surface area contributed by atoms with Crippen LogP contribution in [0.1, 0.15) is 284 Å². The van der Waals surface area contributed by atoms with Crippen LogP contribution in [-0.2, 0) is 33.3 Å². The number of ether oxygens (including phenoxy) is 4. The van der Waals surface area contributed by atoms with E-state index < -0.39 is 24.3 Å². The molecule has 9 heteroatoms. The monoisotopic (exact) mass is 1240 g/mol. The molecule has 0 aromatic carbocycles. The minimum atomic E-state index is -1.63. The molecule has 0 saturated carbocycles. The fourth-order valence-corrected chi connectivity index (χ4v) is 9.60. The molecular weight excluding hydrogens is 1100 g/mol. The standard InChI is InChI=1S/C80H133NO8/c1-6-8-10-12-14-16-18-20-22-24-26-28-30-32-33-34-35-36-37-38-39-40-41-42-43-44-45-47-49-51-53-55-57-59-61-63-65-67-69-71-78(83)89-76(75-88-80(79(84)85)86-73-72-81(3,4)5)74-87-77(82)70-68-66-64-62-60-58-56-54-52-50-48-46-31-29-27-25-23-21-19-17-15-13-11-9-7-2/h8,10,14,16,19-22,25-28,32-33,35-36,38-39,41-42,44-45,49,51,76,80H,6-7,9,11-13,15,17-18,23-24,29-31,34,37,40,43,46-48,50,52-75H2,1-5H3/b10-8-,16-14-,21-19-,22-20-,27-25-,28-26-,33-32-,36-35-,39-38-,42-41-,45-44-,51-49-. The predicted octanol–water partition coefficient (Wildman–Crippen LogP) is 21.4. The van der Waals surface area contributed by atoms with Crippen LogP contribution in [0.4, 0.5) is 0 Å². The molecule has 0 aromatic rings. The molecule has 0 radical (unpaired) electrons. The summed E-state index contributed by atoms with van der Waals surface area (Å²) in [4.78, 5) is 37.5. The number of carboxylic acids is 1. The van der Waals surface area contributed by atoms with Crippen molar-refractivity contribution in [2.45, 2.75) is 296 Å². The minimum Gasteiger partial charge on any atom is -0.545 e. The van der Waals surface area contributed by atoms with E-state index in [4.69, 9.17) is 18.9 Å². The zero-order chi connectivity index (χ0) is 64.7. The fraction of sp³-hybridized carbons (Fsp3) is 0.662. The Kier molecular flexibility index (Phi) is 65.3. The van der Waals surface area contributed by atoms with Crippen molar-refractivity contribution in [2.75, 3.05) is 47.5 Å². The number of esters is 2. The van der Waals surface area contributed by atoms with Crippen molar-refractivity contribution < 1.29 is 42.9 Å². The highest BCUT2D eigenvalue weighted by atomic mass is 16.7. The van der Waals surface area contributed by atoms with Crippen LogP contribution in [-0.4, -0.2) is 82.3 Å². The number of carboxylic acid groups (broad SMARTS) is 1. The Bertz CT molecular complexity index is 1970. The van der Waals surface area contributed by atoms with Gasteiger partial charge in [0.1, 0.15) is 13.2 Å². The SMILES string of the molecule is CC/C=C\C/C=C\C/C=C\C/C=C\C/C=C\C/C=C\C/C=C\C/C=C\C/C=C\C/C=C\CCCCCCCCCCC(=O)OC(COC(=O)CCCCCCCCCCCCCCC/C=C\C/C=C\CCCCCCC)COC(OCC[N+](C)(C)C)C(=O)[O-]. The maximum Gasteiger partial charge on any atom is 0.306 e. The highest BCUT2D eigenvalue weighted by Crippen LogP contribution is 2.16. The van der Waals surface area contributed by atoms with Crippen LogP contribution in [0.25, 0.3) is 0 Å². The highest BCUT2D eigenvalue weighted by molar-refractivity contribution is 5.70. The number of aliphatic carboxylic acids is 1. The fourth-order valence-electron chi connectivity index (χ4n) is 9.60. The second kappa shape index (κ2) is 69.1. The third-order valence-corrected chi connectivity index (χ3v) is 15.1. The maximum atomic E-state index is 12.9. The van der Waals surface area contributed by atoms with E-state index >= 15 is 0 Å². The van der Waals surface area contributed by atoms with Gasteiger partial charge in [-0.3, -0.25) is 9.59 Å². The summed E-state index contributed by atoms with van der Waals surface area (Å²) in [5.74, 6) is -2.30. The Balaban J connectivity index is 4.18. The van der Waals surface area contributed by atoms with Gasteiger partial charge < -0.3 is 33.3 Å². The first-order chi connectivity index (χ1) is 43.6. The molecule has 0 spiro atoms. The summed E-state index contributed by atoms with van der Waals surface area (Å²) >= 11 is 0. The molecule has 0 aliphatic heterocycles. The number of carbonyl (C=O) groups is 3. The largest absolute Gasteiger partial charge is 0.545 e. The molecule has 89 heavy (non-hydrogen) atoms. The summed E-state index contributed by atoms with van der Waals surface area (Å²) in [6, 6.07) is 0. The van der Waals surface area contributed by atoms with Gasteiger partial charge in [0.05, 0.1) is 40.3 Å². The molecule has 0 fully saturated rings. The predicted molar refractivity (Wildman–Crippen MR) is 379 cm³/mol. The van der Waals surface area contributed by atoms with E-state index in [2.05, 4.69) is 160 Å². The maximum absolute atomic E-state index is 12.9. The first kappa shape index (κ1) is 84.2. The second-order valence-electron chi connectivity index (χ2n) is 24.8. The summed E-state index contributed by atoms with van der Waals surface area (Å²) in [5, 5.41) is 11.8. The number of hydrogen-bond acceptors (Lipinski definition) is 8. The van der Waals surface area contributed by atoms with Crippen LogP contribution in [0.5, 0.6) is 0 Å². The summed E-state index contributed by atoms with van der Waals surface area (Å²) in [6.07, 6.45) is 97.8. The number of nitrogens with zero attached hydrogens (tertiary/aromatic N) is 1. The number of quaternary nitrogens is 1. The van der Waals surface area contributed by atoms with Crippen molar-refractivity contribution >= 4 is 17.9 Å². The molecule has 0 heterocycles. The van der Waals surface area contributed by atoms with Crippen molar-refractivity contribution in [3.8, 4) is 0 Å². The van der Waals surface area contributed by atoms with Gasteiger partial charge in [0.2, 0.25) is 0 Å². The van der Waals surface area contributed by atoms with Crippen molar-refractivity contribution in [3.63, 3.8) is 0 Å². The molecule has 2 unspecified atom stereocenters. The molecule has 0 amide bonds. The lowest BCUT2D eigenvalue weighted by Gasteiger charge is -2.26. The lowest BCUT2D eigenvalue weighted by molar-refractivity contribution is -0.870. The van der Waals surface area contributed by atoms with Gasteiger partial charge in [-0.15, -0.1) is 0 Å². The van der Waals surface area contributed by atoms with Gasteiger partial charge in [-0.25, -0.2) is 0 Å². The molecule has 506 valence electrons. The van der Waals surface area contributed by atoms with Gasteiger partial charge in [0.25, 0.3) is 0 Å². The Morgan fingerprint density at radius 1 is 0.348 bits per heavy atom. The van der Waals surface area contributed by atoms with Crippen LogP contribution in [0.15, 0.2) is 146 Å². The van der Waals surface area contributed by atoms with Gasteiger partial charge in [0, 0.05) is 12.8 Å². The van der Waals surface area contributed by atoms with E-state index in [0.29, 0.717) is 17.4 Å². The molecule has 2 atom stereocenters. The summed E-state index contributed by atoms with van der Waals surface area (Å²) < 4.78 is 22.8. The number of allylic oxidation sites excluding steroid dienone is 24. The molecule has 0 bridgehead atoms. The van der Waals surface area contributed by atoms with Crippen LogP contribution >= 0.6 is 0 Å². The molecular formula is C80H133NO8. The molecule has 0 rings (SSSR count). The van der Waals surface area contributed by atoms with E-state index in [1.54, 1.807) is 0 Å². The van der Waals surface area contributed by atoms with Crippen LogP contribution < -0.4 is 5.11 Å². The summed E-state index contributed by atoms with van der Waals surface area (Å²) in [6.45, 7) is 4.62. The van der Waals surface area contributed by atoms with Crippen LogP contribution in [0.2, 0.25) is 0 Å². The van der Waals surface area contributed by atoms with Crippen LogP contribution in [0, 0.1) is 0 Å². The molecule has 0 aliphatic carbocycles. The zero-order valence-corrected chi connectivity index (χ0v) is 57.8. The Hall–Kier alpha value is -4.83. The molecule has 0 saturated heterocycles. The quantitative estimate of drug-likeness (QED) is 0.0195. The number of hydrogen-bond donors (Lipinski definition) is 0. The van der Waals surface area contributed by atoms with Gasteiger partial charge in [-0.1, -0.05) is 295 Å². The normalized spacial score (nSPS) is 13.6. The number of unbranched alkanes of at least 4 members (excludes halogenated alkanes) is 26. The van der Waals surface area contributed by atoms with Gasteiger partial charge in [0.15, 0.2) is 12.4 Å². The first-order valence-electron chi connectivity index (χ1n) is 36.0. The topological polar surface area (TPSA) is 111 Å². The number of carbonyl (C=O) groups excluding carboxylic acids is 3. The van der Waals surface area contributed by atoms with E-state index in [9.17, 15) is 19.5 Å². The Morgan fingerprint density at radius 2 is 0.640 bits per heavy atom. The molecule has 0 N–H and O–H groups in total. The average Bonchev–Trinajstić information content (AvgIpc) is 3.64. The van der Waals surface area contributed by atoms with Gasteiger partial charge in [-0.05, 0) is 122 Å². The van der Waals surface area contributed by atoms with Crippen molar-refractivity contribution in [3.05, 3.63) is 146 Å². The first-order valence-corrected chi connectivity index (χ1v) is 36.0. The van der Waals surface area contributed by atoms with E-state index in [0.717, 1.165) is 116 Å². The third-order valence-electron chi connectivity index (χ3n) is 15.1. The third kappa shape index (κ3) is 70.5. The lowest BCUT2D eigenvalue weighted by Crippen LogP contribution is -2.44. The van der Waals surface area contributed by atoms with Crippen LogP contribution in [0.3, 0.4) is 0 Å². The second-order valence-corrected chi connectivity index (χ2v) is 24.8. The minimum absolute atomic E-state index is 0.139. The molecule has 0 aliphatic rings. The summed E-state index contributed by atoms with van der Waals surface area (Å²) in [5.41, 5.74) is 0. The molecule has 9 nitrogen and oxygen atoms in total. The smallest absolute Gasteiger partial charge is 0.306 e. The average molecular weight is 1240 g/mol. The van der Waals surface area contributed by atoms with E-state index in [1.165, 1.54) is 135 Å². The van der Waals surface area contributed by atoms with Gasteiger partial charge in [-0.2, -0.15) is 0 Å². The number of rotatable bonds is 65. The Labute approximate surface area is 547 Å². The highest BCUT2D eigenvalue weighted by Gasteiger charge is 2.22. The lowest BCUT2D eigenvalue weighted by atomic mass is 10.0. The van der Waals surface area contributed by atoms with E-state index in [-0.39, 0.29) is 38.6 Å². The Morgan fingerprint density at radius 3 is 0.955 bits per heavy atom. The summed E-state index contributed by atoms with van der Waals surface area (Å²) in [7, 11) is 5.92. The van der Waals surface area contributed by atoms with Crippen molar-refractivity contribution in [2.24, 2.45) is 0 Å². The van der Waals surface area contributed by atoms with Crippen molar-refractivity contribution in [1.29, 1.82) is 0 Å². The van der Waals surface area contributed by atoms with Crippen molar-refractivity contribution in [1.82, 2.24) is 0 Å². The van der Waals surface area contributed by atoms with E-state index in [1.807, 2.05) is 21.1 Å². The molecule has 0 aromatic heterocycles. The number of likely N-dealkylation sites (N-methyl/N-ethyl adjacent to an activating group) is 1. The zero-order valence-electron chi connectivity index (χ0n) is 57.8. The van der Waals surface area contributed by atoms with Gasteiger partial charge >= 0.3 is 11.9 Å².